The summed E-state index contributed by atoms with van der Waals surface area (Å²) in [5.74, 6) is 1.30. The van der Waals surface area contributed by atoms with Gasteiger partial charge in [-0.05, 0) is 66.7 Å². The van der Waals surface area contributed by atoms with E-state index in [9.17, 15) is 0 Å². The minimum absolute atomic E-state index is 0. The molecule has 41 heavy (non-hydrogen) atoms. The zero-order valence-corrected chi connectivity index (χ0v) is 23.7. The summed E-state index contributed by atoms with van der Waals surface area (Å²) >= 11 is 0. The Morgan fingerprint density at radius 2 is 1.24 bits per heavy atom. The monoisotopic (exact) mass is 574 g/mol. The van der Waals surface area contributed by atoms with E-state index in [-0.39, 0.29) is 17.1 Å². The Kier molecular flexibility index (Phi) is 9.43. The Balaban J connectivity index is 0.00000337. The maximum absolute atomic E-state index is 4.43. The molecule has 0 heterocycles. The second-order valence-corrected chi connectivity index (χ2v) is 9.69. The molecule has 0 fully saturated rings. The van der Waals surface area contributed by atoms with Crippen LogP contribution in [-0.2, 0) is 23.6 Å². The van der Waals surface area contributed by atoms with Crippen molar-refractivity contribution in [1.82, 2.24) is 0 Å². The Labute approximate surface area is 253 Å². The van der Waals surface area contributed by atoms with Gasteiger partial charge in [0.2, 0.25) is 0 Å². The van der Waals surface area contributed by atoms with Crippen molar-refractivity contribution in [2.75, 3.05) is 16.3 Å². The van der Waals surface area contributed by atoms with Crippen molar-refractivity contribution in [3.8, 4) is 0 Å². The summed E-state index contributed by atoms with van der Waals surface area (Å²) in [6.45, 7) is 1.68. The van der Waals surface area contributed by atoms with E-state index in [2.05, 4.69) is 130 Å². The number of nitrogens with zero attached hydrogens (tertiary/aromatic N) is 4. The fraction of sp³-hybridized carbons (Fsp3) is 0.0556. The number of hydrogen-bond donors (Lipinski definition) is 0. The summed E-state index contributed by atoms with van der Waals surface area (Å²) in [7, 11) is 0. The van der Waals surface area contributed by atoms with E-state index >= 15 is 0 Å². The molecule has 5 aromatic rings. The fourth-order valence-corrected chi connectivity index (χ4v) is 4.85. The molecule has 0 aromatic heterocycles. The molecule has 0 spiro atoms. The normalized spacial score (nSPS) is 12.7. The molecule has 5 heteroatoms. The first-order chi connectivity index (χ1) is 19.8. The third kappa shape index (κ3) is 7.20. The van der Waals surface area contributed by atoms with Crippen LogP contribution in [0.5, 0.6) is 0 Å². The van der Waals surface area contributed by atoms with E-state index in [1.165, 1.54) is 17.2 Å². The molecule has 0 unspecified atom stereocenters. The van der Waals surface area contributed by atoms with Crippen molar-refractivity contribution in [3.63, 3.8) is 0 Å². The Hall–Kier alpha value is -4.44. The number of azo groups is 1. The number of hydrogen-bond acceptors (Lipinski definition) is 4. The molecule has 0 atom stereocenters. The van der Waals surface area contributed by atoms with Crippen molar-refractivity contribution in [3.05, 3.63) is 170 Å². The van der Waals surface area contributed by atoms with Crippen LogP contribution in [0, 0.1) is 18.8 Å². The molecule has 0 N–H and O–H groups in total. The first-order valence-electron chi connectivity index (χ1n) is 13.5. The number of anilines is 4. The molecule has 1 aliphatic carbocycles. The van der Waals surface area contributed by atoms with Gasteiger partial charge in [0.05, 0.1) is 11.4 Å². The van der Waals surface area contributed by atoms with E-state index in [4.69, 9.17) is 0 Å². The van der Waals surface area contributed by atoms with Crippen LogP contribution < -0.4 is 9.80 Å². The average molecular weight is 575 g/mol. The van der Waals surface area contributed by atoms with Crippen LogP contribution >= 0.6 is 0 Å². The minimum atomic E-state index is 0. The predicted octanol–water partition coefficient (Wildman–Crippen LogP) is 9.85. The number of para-hydroxylation sites is 1. The van der Waals surface area contributed by atoms with Gasteiger partial charge in [0.1, 0.15) is 0 Å². The summed E-state index contributed by atoms with van der Waals surface area (Å²) in [6.07, 6.45) is 8.59. The van der Waals surface area contributed by atoms with E-state index < -0.39 is 0 Å². The van der Waals surface area contributed by atoms with Gasteiger partial charge < -0.3 is 9.80 Å². The minimum Gasteiger partial charge on any atom is -0.370 e. The molecule has 0 amide bonds. The molecule has 0 aliphatic heterocycles. The molecule has 0 bridgehead atoms. The first kappa shape index (κ1) is 28.1. The largest absolute Gasteiger partial charge is 3.00 e. The zero-order chi connectivity index (χ0) is 27.0. The SMILES string of the molecule is [CH]1C=C[CH-][C]1CN(Cc1ccc[cH-]1)c1cccc(N(c2ccccc2)c2ccc(N=Nc3ccccc3)cc2)c1.[Fe+3]. The summed E-state index contributed by atoms with van der Waals surface area (Å²) in [6, 6.07) is 45.9. The molecule has 0 saturated carbocycles. The van der Waals surface area contributed by atoms with E-state index in [0.29, 0.717) is 0 Å². The van der Waals surface area contributed by atoms with Gasteiger partial charge in [-0.2, -0.15) is 22.4 Å². The second kappa shape index (κ2) is 13.8. The van der Waals surface area contributed by atoms with Crippen LogP contribution in [0.15, 0.2) is 156 Å². The van der Waals surface area contributed by atoms with Crippen LogP contribution in [0.25, 0.3) is 0 Å². The van der Waals surface area contributed by atoms with Crippen LogP contribution in [0.2, 0.25) is 0 Å². The van der Waals surface area contributed by atoms with Gasteiger partial charge in [0.25, 0.3) is 0 Å². The third-order valence-electron chi connectivity index (χ3n) is 6.82. The van der Waals surface area contributed by atoms with Crippen LogP contribution in [0.4, 0.5) is 34.1 Å². The molecule has 1 aliphatic rings. The molecule has 3 radical (unpaired) electrons. The summed E-state index contributed by atoms with van der Waals surface area (Å²) in [5, 5.41) is 8.80. The van der Waals surface area contributed by atoms with Crippen LogP contribution in [-0.4, -0.2) is 6.54 Å². The molecular formula is C36H30FeN4+. The summed E-state index contributed by atoms with van der Waals surface area (Å²) < 4.78 is 0. The Bertz CT molecular complexity index is 1540. The van der Waals surface area contributed by atoms with E-state index in [1.807, 2.05) is 48.5 Å². The Morgan fingerprint density at radius 3 is 1.93 bits per heavy atom. The number of benzene rings is 4. The maximum atomic E-state index is 4.43. The zero-order valence-electron chi connectivity index (χ0n) is 22.6. The van der Waals surface area contributed by atoms with Crippen molar-refractivity contribution in [2.45, 2.75) is 6.54 Å². The Morgan fingerprint density at radius 1 is 0.585 bits per heavy atom. The molecule has 201 valence electrons. The molecule has 4 nitrogen and oxygen atoms in total. The molecule has 6 rings (SSSR count). The standard InChI is InChI=1S/C36H30N4.Fe/c1-3-16-31(17-4-1)37-38-32-22-24-34(25-23-32)40(33-18-5-2-6-19-33)36-21-11-20-35(26-36)39(27-29-12-7-8-13-29)28-30-14-9-10-15-30;/h1-26H,27-28H2;/q-2;+3. The van der Waals surface area contributed by atoms with Gasteiger partial charge in [0, 0.05) is 35.8 Å². The van der Waals surface area contributed by atoms with E-state index in [0.717, 1.165) is 41.5 Å². The number of allylic oxidation sites excluding steroid dienone is 2. The van der Waals surface area contributed by atoms with Gasteiger partial charge in [-0.3, -0.25) is 0 Å². The van der Waals surface area contributed by atoms with Gasteiger partial charge in [-0.15, -0.1) is 12.0 Å². The molecule has 0 saturated heterocycles. The van der Waals surface area contributed by atoms with Crippen molar-refractivity contribution in [1.29, 1.82) is 0 Å². The third-order valence-corrected chi connectivity index (χ3v) is 6.82. The molecular weight excluding hydrogens is 544 g/mol. The topological polar surface area (TPSA) is 31.2 Å². The van der Waals surface area contributed by atoms with Crippen LogP contribution in [0.1, 0.15) is 5.56 Å². The van der Waals surface area contributed by atoms with Gasteiger partial charge in [-0.25, -0.2) is 30.7 Å². The maximum Gasteiger partial charge on any atom is 3.00 e. The van der Waals surface area contributed by atoms with Crippen molar-refractivity contribution in [2.24, 2.45) is 10.2 Å². The van der Waals surface area contributed by atoms with Gasteiger partial charge in [0.15, 0.2) is 0 Å². The quantitative estimate of drug-likeness (QED) is 0.0945. The first-order valence-corrected chi connectivity index (χ1v) is 13.5. The van der Waals surface area contributed by atoms with Crippen LogP contribution in [0.3, 0.4) is 0 Å². The number of rotatable bonds is 10. The van der Waals surface area contributed by atoms with Gasteiger partial charge in [-0.1, -0.05) is 48.4 Å². The fourth-order valence-electron chi connectivity index (χ4n) is 4.85. The van der Waals surface area contributed by atoms with E-state index in [1.54, 1.807) is 0 Å². The average Bonchev–Trinajstić information content (AvgIpc) is 3.73. The van der Waals surface area contributed by atoms with Gasteiger partial charge >= 0.3 is 17.1 Å². The smallest absolute Gasteiger partial charge is 0.370 e. The summed E-state index contributed by atoms with van der Waals surface area (Å²) in [5.41, 5.74) is 7.37. The van der Waals surface area contributed by atoms with Crippen molar-refractivity contribution < 1.29 is 17.1 Å². The molecule has 5 aromatic carbocycles. The summed E-state index contributed by atoms with van der Waals surface area (Å²) in [4.78, 5) is 4.72. The second-order valence-electron chi connectivity index (χ2n) is 9.69. The van der Waals surface area contributed by atoms with Crippen molar-refractivity contribution >= 4 is 34.1 Å². The predicted molar refractivity (Wildman–Crippen MR) is 166 cm³/mol.